The SMILES string of the molecule is CCC(C=CC(C)C1CCC2(C)C1CCC1C3(C)CCC(O)CC3=CCC12C)C(C)C. The summed E-state index contributed by atoms with van der Waals surface area (Å²) in [6.07, 6.45) is 18.9. The quantitative estimate of drug-likeness (QED) is 0.439. The van der Waals surface area contributed by atoms with Crippen LogP contribution in [0.2, 0.25) is 0 Å². The van der Waals surface area contributed by atoms with Crippen molar-refractivity contribution in [2.75, 3.05) is 0 Å². The van der Waals surface area contributed by atoms with E-state index in [-0.39, 0.29) is 6.10 Å². The van der Waals surface area contributed by atoms with Gasteiger partial charge in [-0.1, -0.05) is 72.3 Å². The molecule has 176 valence electrons. The Kier molecular flexibility index (Phi) is 6.35. The predicted molar refractivity (Wildman–Crippen MR) is 133 cm³/mol. The standard InChI is InChI=1S/C30H50O/c1-8-22(20(2)3)10-9-21(4)25-15-18-29(6)26(25)11-12-27-28(5)16-14-24(31)19-23(28)13-17-30(27,29)7/h9-10,13,20-22,24-27,31H,8,11-12,14-19H2,1-7H3. The van der Waals surface area contributed by atoms with Crippen LogP contribution in [0.5, 0.6) is 0 Å². The van der Waals surface area contributed by atoms with Gasteiger partial charge in [-0.3, -0.25) is 0 Å². The van der Waals surface area contributed by atoms with Crippen molar-refractivity contribution in [3.05, 3.63) is 23.8 Å². The van der Waals surface area contributed by atoms with Crippen molar-refractivity contribution in [2.24, 2.45) is 51.8 Å². The van der Waals surface area contributed by atoms with Gasteiger partial charge in [0.05, 0.1) is 6.10 Å². The van der Waals surface area contributed by atoms with Gasteiger partial charge in [-0.15, -0.1) is 0 Å². The number of hydrogen-bond donors (Lipinski definition) is 1. The van der Waals surface area contributed by atoms with Crippen LogP contribution < -0.4 is 0 Å². The third-order valence-corrected chi connectivity index (χ3v) is 11.6. The molecule has 0 bridgehead atoms. The van der Waals surface area contributed by atoms with Gasteiger partial charge in [-0.25, -0.2) is 0 Å². The molecule has 0 aromatic heterocycles. The zero-order valence-corrected chi connectivity index (χ0v) is 21.6. The average molecular weight is 427 g/mol. The van der Waals surface area contributed by atoms with E-state index in [1.165, 1.54) is 44.9 Å². The van der Waals surface area contributed by atoms with E-state index in [0.717, 1.165) is 42.4 Å². The number of fused-ring (bicyclic) bond motifs is 5. The molecule has 3 saturated carbocycles. The lowest BCUT2D eigenvalue weighted by atomic mass is 9.40. The number of aliphatic hydroxyl groups excluding tert-OH is 1. The molecule has 4 aliphatic carbocycles. The molecular weight excluding hydrogens is 376 g/mol. The summed E-state index contributed by atoms with van der Waals surface area (Å²) >= 11 is 0. The van der Waals surface area contributed by atoms with E-state index in [1.54, 1.807) is 5.57 Å². The minimum atomic E-state index is -0.100. The van der Waals surface area contributed by atoms with Gasteiger partial charge in [0, 0.05) is 0 Å². The fourth-order valence-corrected chi connectivity index (χ4v) is 9.21. The first-order chi connectivity index (χ1) is 14.6. The molecule has 4 aliphatic rings. The molecule has 1 N–H and O–H groups in total. The van der Waals surface area contributed by atoms with Gasteiger partial charge in [0.25, 0.3) is 0 Å². The summed E-state index contributed by atoms with van der Waals surface area (Å²) in [5, 5.41) is 10.3. The highest BCUT2D eigenvalue weighted by molar-refractivity contribution is 5.28. The molecule has 3 fully saturated rings. The molecule has 0 spiro atoms. The van der Waals surface area contributed by atoms with Gasteiger partial charge < -0.3 is 5.11 Å². The lowest BCUT2D eigenvalue weighted by Gasteiger charge is -2.65. The molecule has 31 heavy (non-hydrogen) atoms. The molecule has 0 aromatic rings. The minimum Gasteiger partial charge on any atom is -0.393 e. The van der Waals surface area contributed by atoms with Gasteiger partial charge >= 0.3 is 0 Å². The van der Waals surface area contributed by atoms with E-state index in [4.69, 9.17) is 0 Å². The molecule has 1 nitrogen and oxygen atoms in total. The lowest BCUT2D eigenvalue weighted by Crippen LogP contribution is -2.57. The van der Waals surface area contributed by atoms with Crippen molar-refractivity contribution in [3.8, 4) is 0 Å². The summed E-state index contributed by atoms with van der Waals surface area (Å²) < 4.78 is 0. The maximum Gasteiger partial charge on any atom is 0.0577 e. The van der Waals surface area contributed by atoms with Crippen LogP contribution in [0.25, 0.3) is 0 Å². The van der Waals surface area contributed by atoms with Gasteiger partial charge in [0.2, 0.25) is 0 Å². The fourth-order valence-electron chi connectivity index (χ4n) is 9.21. The number of aliphatic hydroxyl groups is 1. The van der Waals surface area contributed by atoms with Crippen molar-refractivity contribution in [1.29, 1.82) is 0 Å². The van der Waals surface area contributed by atoms with Gasteiger partial charge in [0.15, 0.2) is 0 Å². The van der Waals surface area contributed by atoms with Crippen LogP contribution >= 0.6 is 0 Å². The maximum absolute atomic E-state index is 10.3. The molecular formula is C30H50O. The summed E-state index contributed by atoms with van der Waals surface area (Å²) in [6.45, 7) is 17.5. The predicted octanol–water partition coefficient (Wildman–Crippen LogP) is 8.19. The van der Waals surface area contributed by atoms with Gasteiger partial charge in [-0.2, -0.15) is 0 Å². The lowest BCUT2D eigenvalue weighted by molar-refractivity contribution is -0.129. The summed E-state index contributed by atoms with van der Waals surface area (Å²) in [4.78, 5) is 0. The Hall–Kier alpha value is -0.560. The highest BCUT2D eigenvalue weighted by Gasteiger charge is 2.65. The van der Waals surface area contributed by atoms with Crippen LogP contribution in [0.15, 0.2) is 23.8 Å². The first-order valence-electron chi connectivity index (χ1n) is 13.6. The van der Waals surface area contributed by atoms with E-state index in [1.807, 2.05) is 0 Å². The summed E-state index contributed by atoms with van der Waals surface area (Å²) in [7, 11) is 0. The Morgan fingerprint density at radius 3 is 2.42 bits per heavy atom. The molecule has 0 aromatic carbocycles. The molecule has 4 rings (SSSR count). The summed E-state index contributed by atoms with van der Waals surface area (Å²) in [5.74, 6) is 4.70. The van der Waals surface area contributed by atoms with Crippen molar-refractivity contribution in [3.63, 3.8) is 0 Å². The molecule has 0 saturated heterocycles. The van der Waals surface area contributed by atoms with Crippen molar-refractivity contribution in [1.82, 2.24) is 0 Å². The highest BCUT2D eigenvalue weighted by atomic mass is 16.3. The normalized spacial score (nSPS) is 46.9. The van der Waals surface area contributed by atoms with E-state index in [2.05, 4.69) is 66.7 Å². The molecule has 0 heterocycles. The van der Waals surface area contributed by atoms with Gasteiger partial charge in [0.1, 0.15) is 0 Å². The molecule has 0 amide bonds. The third kappa shape index (κ3) is 3.60. The molecule has 0 aliphatic heterocycles. The smallest absolute Gasteiger partial charge is 0.0577 e. The number of allylic oxidation sites excluding steroid dienone is 3. The zero-order valence-electron chi connectivity index (χ0n) is 21.6. The molecule has 9 unspecified atom stereocenters. The number of hydrogen-bond acceptors (Lipinski definition) is 1. The van der Waals surface area contributed by atoms with Crippen molar-refractivity contribution < 1.29 is 5.11 Å². The van der Waals surface area contributed by atoms with Gasteiger partial charge in [-0.05, 0) is 110 Å². The second-order valence-electron chi connectivity index (χ2n) is 13.1. The summed E-state index contributed by atoms with van der Waals surface area (Å²) in [5.41, 5.74) is 2.81. The van der Waals surface area contributed by atoms with Crippen molar-refractivity contribution >= 4 is 0 Å². The molecule has 9 atom stereocenters. The first kappa shape index (κ1) is 23.6. The summed E-state index contributed by atoms with van der Waals surface area (Å²) in [6, 6.07) is 0. The number of rotatable bonds is 5. The van der Waals surface area contributed by atoms with Crippen molar-refractivity contribution in [2.45, 2.75) is 112 Å². The minimum absolute atomic E-state index is 0.100. The Labute approximate surface area is 193 Å². The van der Waals surface area contributed by atoms with Crippen LogP contribution in [-0.2, 0) is 0 Å². The Morgan fingerprint density at radius 1 is 1.00 bits per heavy atom. The first-order valence-corrected chi connectivity index (χ1v) is 13.6. The Balaban J connectivity index is 1.58. The zero-order chi connectivity index (χ0) is 22.6. The fraction of sp³-hybridized carbons (Fsp3) is 0.867. The van der Waals surface area contributed by atoms with Crippen LogP contribution in [0, 0.1) is 51.8 Å². The maximum atomic E-state index is 10.3. The van der Waals surface area contributed by atoms with E-state index >= 15 is 0 Å². The van der Waals surface area contributed by atoms with E-state index < -0.39 is 0 Å². The third-order valence-electron chi connectivity index (χ3n) is 11.6. The molecule has 0 radical (unpaired) electrons. The highest BCUT2D eigenvalue weighted by Crippen LogP contribution is 2.73. The molecule has 1 heteroatoms. The van der Waals surface area contributed by atoms with Crippen LogP contribution in [-0.4, -0.2) is 11.2 Å². The van der Waals surface area contributed by atoms with Crippen LogP contribution in [0.4, 0.5) is 0 Å². The topological polar surface area (TPSA) is 20.2 Å². The van der Waals surface area contributed by atoms with Crippen LogP contribution in [0.3, 0.4) is 0 Å². The van der Waals surface area contributed by atoms with E-state index in [0.29, 0.717) is 22.2 Å². The second kappa shape index (κ2) is 8.34. The second-order valence-corrected chi connectivity index (χ2v) is 13.1. The van der Waals surface area contributed by atoms with Crippen LogP contribution in [0.1, 0.15) is 106 Å². The Bertz CT molecular complexity index is 718. The Morgan fingerprint density at radius 2 is 1.74 bits per heavy atom. The monoisotopic (exact) mass is 426 g/mol. The largest absolute Gasteiger partial charge is 0.393 e. The van der Waals surface area contributed by atoms with E-state index in [9.17, 15) is 5.11 Å². The average Bonchev–Trinajstić information content (AvgIpc) is 3.07.